The molecule has 0 spiro atoms. The van der Waals surface area contributed by atoms with Crippen LogP contribution >= 0.6 is 0 Å². The summed E-state index contributed by atoms with van der Waals surface area (Å²) in [6.07, 6.45) is 0. The molecule has 5 nitrogen and oxygen atoms in total. The SMILES string of the molecule is Cc1ccc(NC(=O)c2ccc(S(=O)(=O)NC(C)C)cc2)c(C)c1. The number of nitrogens with one attached hydrogen (secondary N) is 2. The second kappa shape index (κ2) is 7.15. The van der Waals surface area contributed by atoms with Crippen LogP contribution in [0.25, 0.3) is 0 Å². The van der Waals surface area contributed by atoms with E-state index in [9.17, 15) is 13.2 Å². The number of carbonyl (C=O) groups is 1. The Morgan fingerprint density at radius 2 is 1.62 bits per heavy atom. The Labute approximate surface area is 143 Å². The van der Waals surface area contributed by atoms with Crippen molar-refractivity contribution in [3.8, 4) is 0 Å². The first-order valence-corrected chi connectivity index (χ1v) is 9.18. The highest BCUT2D eigenvalue weighted by Gasteiger charge is 2.16. The van der Waals surface area contributed by atoms with E-state index in [4.69, 9.17) is 0 Å². The van der Waals surface area contributed by atoms with E-state index in [1.165, 1.54) is 24.3 Å². The molecule has 128 valence electrons. The fourth-order valence-corrected chi connectivity index (χ4v) is 3.56. The molecule has 0 aliphatic carbocycles. The van der Waals surface area contributed by atoms with Crippen molar-refractivity contribution in [3.63, 3.8) is 0 Å². The van der Waals surface area contributed by atoms with Crippen molar-refractivity contribution >= 4 is 21.6 Å². The number of rotatable bonds is 5. The van der Waals surface area contributed by atoms with E-state index in [0.29, 0.717) is 5.56 Å². The lowest BCUT2D eigenvalue weighted by Gasteiger charge is -2.11. The summed E-state index contributed by atoms with van der Waals surface area (Å²) in [5.41, 5.74) is 3.24. The molecule has 0 saturated heterocycles. The van der Waals surface area contributed by atoms with Gasteiger partial charge in [0.15, 0.2) is 0 Å². The van der Waals surface area contributed by atoms with Crippen molar-refractivity contribution in [1.82, 2.24) is 4.72 Å². The summed E-state index contributed by atoms with van der Waals surface area (Å²) >= 11 is 0. The van der Waals surface area contributed by atoms with Crippen molar-refractivity contribution in [2.24, 2.45) is 0 Å². The first kappa shape index (κ1) is 18.2. The van der Waals surface area contributed by atoms with Crippen LogP contribution in [0.15, 0.2) is 47.4 Å². The van der Waals surface area contributed by atoms with Crippen molar-refractivity contribution in [1.29, 1.82) is 0 Å². The maximum absolute atomic E-state index is 12.3. The fourth-order valence-electron chi connectivity index (χ4n) is 2.31. The van der Waals surface area contributed by atoms with Crippen LogP contribution in [0.5, 0.6) is 0 Å². The first-order chi connectivity index (χ1) is 11.2. The lowest BCUT2D eigenvalue weighted by molar-refractivity contribution is 0.102. The predicted molar refractivity (Wildman–Crippen MR) is 95.8 cm³/mol. The summed E-state index contributed by atoms with van der Waals surface area (Å²) in [7, 11) is -3.55. The van der Waals surface area contributed by atoms with Crippen LogP contribution in [0.3, 0.4) is 0 Å². The van der Waals surface area contributed by atoms with Crippen LogP contribution in [0.1, 0.15) is 35.3 Å². The summed E-state index contributed by atoms with van der Waals surface area (Å²) in [6.45, 7) is 7.42. The second-order valence-corrected chi connectivity index (χ2v) is 7.79. The number of hydrogen-bond acceptors (Lipinski definition) is 3. The van der Waals surface area contributed by atoms with E-state index < -0.39 is 10.0 Å². The molecule has 2 aromatic carbocycles. The molecule has 2 N–H and O–H groups in total. The molecule has 0 unspecified atom stereocenters. The minimum atomic E-state index is -3.55. The molecule has 0 aliphatic rings. The van der Waals surface area contributed by atoms with Crippen LogP contribution in [0.4, 0.5) is 5.69 Å². The zero-order valence-corrected chi connectivity index (χ0v) is 15.1. The molecule has 0 saturated carbocycles. The molecule has 0 fully saturated rings. The molecule has 2 rings (SSSR count). The van der Waals surface area contributed by atoms with Gasteiger partial charge in [-0.2, -0.15) is 0 Å². The number of sulfonamides is 1. The highest BCUT2D eigenvalue weighted by atomic mass is 32.2. The van der Waals surface area contributed by atoms with Crippen LogP contribution in [-0.4, -0.2) is 20.4 Å². The molecular formula is C18H22N2O3S. The highest BCUT2D eigenvalue weighted by Crippen LogP contribution is 2.18. The molecule has 0 bridgehead atoms. The van der Waals surface area contributed by atoms with Gasteiger partial charge in [-0.25, -0.2) is 13.1 Å². The number of carbonyl (C=O) groups excluding carboxylic acids is 1. The van der Waals surface area contributed by atoms with Gasteiger partial charge in [-0.3, -0.25) is 4.79 Å². The predicted octanol–water partition coefficient (Wildman–Crippen LogP) is 3.24. The van der Waals surface area contributed by atoms with Gasteiger partial charge in [0.05, 0.1) is 4.90 Å². The molecule has 24 heavy (non-hydrogen) atoms. The zero-order chi connectivity index (χ0) is 17.9. The minimum Gasteiger partial charge on any atom is -0.322 e. The van der Waals surface area contributed by atoms with Gasteiger partial charge in [0.1, 0.15) is 0 Å². The van der Waals surface area contributed by atoms with Gasteiger partial charge in [0.2, 0.25) is 10.0 Å². The molecule has 6 heteroatoms. The third-order valence-electron chi connectivity index (χ3n) is 3.45. The average Bonchev–Trinajstić information content (AvgIpc) is 2.49. The van der Waals surface area contributed by atoms with E-state index in [-0.39, 0.29) is 16.8 Å². The molecule has 2 aromatic rings. The second-order valence-electron chi connectivity index (χ2n) is 6.07. The van der Waals surface area contributed by atoms with Gasteiger partial charge in [-0.1, -0.05) is 17.7 Å². The third kappa shape index (κ3) is 4.43. The maximum Gasteiger partial charge on any atom is 0.255 e. The fraction of sp³-hybridized carbons (Fsp3) is 0.278. The lowest BCUT2D eigenvalue weighted by atomic mass is 10.1. The van der Waals surface area contributed by atoms with E-state index >= 15 is 0 Å². The summed E-state index contributed by atoms with van der Waals surface area (Å²) in [5.74, 6) is -0.275. The normalized spacial score (nSPS) is 11.5. The number of hydrogen-bond donors (Lipinski definition) is 2. The standard InChI is InChI=1S/C18H22N2O3S/c1-12(2)20-24(22,23)16-8-6-15(7-9-16)18(21)19-17-10-5-13(3)11-14(17)4/h5-12,20H,1-4H3,(H,19,21). The van der Waals surface area contributed by atoms with Gasteiger partial charge >= 0.3 is 0 Å². The lowest BCUT2D eigenvalue weighted by Crippen LogP contribution is -2.30. The molecule has 0 aromatic heterocycles. The van der Waals surface area contributed by atoms with Crippen LogP contribution in [-0.2, 0) is 10.0 Å². The summed E-state index contributed by atoms with van der Waals surface area (Å²) in [4.78, 5) is 12.5. The minimum absolute atomic E-state index is 0.138. The van der Waals surface area contributed by atoms with E-state index in [1.807, 2.05) is 32.0 Å². The third-order valence-corrected chi connectivity index (χ3v) is 5.12. The Morgan fingerprint density at radius 1 is 1.00 bits per heavy atom. The van der Waals surface area contributed by atoms with E-state index in [0.717, 1.165) is 16.8 Å². The van der Waals surface area contributed by atoms with Gasteiger partial charge in [-0.15, -0.1) is 0 Å². The van der Waals surface area contributed by atoms with Gasteiger partial charge in [0.25, 0.3) is 5.91 Å². The number of anilines is 1. The molecule has 0 heterocycles. The molecule has 0 atom stereocenters. The van der Waals surface area contributed by atoms with Gasteiger partial charge < -0.3 is 5.32 Å². The van der Waals surface area contributed by atoms with Crippen LogP contribution in [0.2, 0.25) is 0 Å². The van der Waals surface area contributed by atoms with Crippen LogP contribution in [0, 0.1) is 13.8 Å². The topological polar surface area (TPSA) is 75.3 Å². The van der Waals surface area contributed by atoms with Crippen molar-refractivity contribution in [2.75, 3.05) is 5.32 Å². The first-order valence-electron chi connectivity index (χ1n) is 7.70. The van der Waals surface area contributed by atoms with Gasteiger partial charge in [0, 0.05) is 17.3 Å². The average molecular weight is 346 g/mol. The number of benzene rings is 2. The highest BCUT2D eigenvalue weighted by molar-refractivity contribution is 7.89. The summed E-state index contributed by atoms with van der Waals surface area (Å²) < 4.78 is 26.7. The number of amides is 1. The smallest absolute Gasteiger partial charge is 0.255 e. The monoisotopic (exact) mass is 346 g/mol. The molecular weight excluding hydrogens is 324 g/mol. The zero-order valence-electron chi connectivity index (χ0n) is 14.3. The Kier molecular flexibility index (Phi) is 5.41. The largest absolute Gasteiger partial charge is 0.322 e. The number of aryl methyl sites for hydroxylation is 2. The van der Waals surface area contributed by atoms with E-state index in [1.54, 1.807) is 13.8 Å². The molecule has 0 aliphatic heterocycles. The Hall–Kier alpha value is -2.18. The summed E-state index contributed by atoms with van der Waals surface area (Å²) in [5, 5.41) is 2.84. The van der Waals surface area contributed by atoms with Crippen molar-refractivity contribution < 1.29 is 13.2 Å². The van der Waals surface area contributed by atoms with Crippen molar-refractivity contribution in [3.05, 3.63) is 59.2 Å². The maximum atomic E-state index is 12.3. The quantitative estimate of drug-likeness (QED) is 0.873. The molecule has 0 radical (unpaired) electrons. The van der Waals surface area contributed by atoms with Crippen molar-refractivity contribution in [2.45, 2.75) is 38.6 Å². The summed E-state index contributed by atoms with van der Waals surface area (Å²) in [6, 6.07) is 11.5. The Bertz CT molecular complexity index is 841. The van der Waals surface area contributed by atoms with E-state index in [2.05, 4.69) is 10.0 Å². The Balaban J connectivity index is 2.17. The van der Waals surface area contributed by atoms with Crippen LogP contribution < -0.4 is 10.0 Å². The molecule has 1 amide bonds. The van der Waals surface area contributed by atoms with Gasteiger partial charge in [-0.05, 0) is 63.6 Å². The Morgan fingerprint density at radius 3 is 2.17 bits per heavy atom.